The van der Waals surface area contributed by atoms with E-state index in [1.807, 2.05) is 0 Å². The van der Waals surface area contributed by atoms with E-state index in [0.717, 1.165) is 25.4 Å². The van der Waals surface area contributed by atoms with Gasteiger partial charge in [0.05, 0.1) is 17.4 Å². The third-order valence-corrected chi connectivity index (χ3v) is 4.41. The molecule has 0 amide bonds. The van der Waals surface area contributed by atoms with Gasteiger partial charge in [-0.05, 0) is 18.8 Å². The van der Waals surface area contributed by atoms with E-state index in [-0.39, 0.29) is 0 Å². The molecular weight excluding hydrogens is 212 g/mol. The summed E-state index contributed by atoms with van der Waals surface area (Å²) in [6, 6.07) is 0.614. The lowest BCUT2D eigenvalue weighted by molar-refractivity contribution is 0.210. The molecule has 0 spiro atoms. The number of hydrogen-bond acceptors (Lipinski definition) is 3. The van der Waals surface area contributed by atoms with Crippen LogP contribution in [0.15, 0.2) is 0 Å². The molecule has 0 bridgehead atoms. The minimum Gasteiger partial charge on any atom is -0.311 e. The molecular formula is C13H22N4. The van der Waals surface area contributed by atoms with Crippen LogP contribution in [-0.4, -0.2) is 21.5 Å². The molecule has 1 fully saturated rings. The second kappa shape index (κ2) is 4.77. The lowest BCUT2D eigenvalue weighted by Gasteiger charge is -2.32. The van der Waals surface area contributed by atoms with Crippen LogP contribution < -0.4 is 5.32 Å². The number of aromatic nitrogens is 3. The van der Waals surface area contributed by atoms with Crippen molar-refractivity contribution in [3.8, 4) is 0 Å². The first-order valence-corrected chi connectivity index (χ1v) is 7.03. The standard InChI is InChI=1S/C13H22N4/c1-2-10-5-3-4-6-12(10)17-13-7-8-14-9-11(13)15-16-17/h10,12,14H,2-9H2,1H3. The Morgan fingerprint density at radius 3 is 3.12 bits per heavy atom. The summed E-state index contributed by atoms with van der Waals surface area (Å²) in [5.41, 5.74) is 2.57. The van der Waals surface area contributed by atoms with Gasteiger partial charge in [-0.25, -0.2) is 4.68 Å². The zero-order chi connectivity index (χ0) is 11.7. The fourth-order valence-electron chi connectivity index (χ4n) is 3.41. The van der Waals surface area contributed by atoms with E-state index in [1.54, 1.807) is 0 Å². The molecule has 94 valence electrons. The molecule has 1 N–H and O–H groups in total. The van der Waals surface area contributed by atoms with Crippen molar-refractivity contribution in [3.63, 3.8) is 0 Å². The van der Waals surface area contributed by atoms with Crippen LogP contribution in [0.2, 0.25) is 0 Å². The monoisotopic (exact) mass is 234 g/mol. The third-order valence-electron chi connectivity index (χ3n) is 4.41. The fraction of sp³-hybridized carbons (Fsp3) is 0.846. The Hall–Kier alpha value is -0.900. The molecule has 1 aliphatic carbocycles. The van der Waals surface area contributed by atoms with Crippen LogP contribution in [-0.2, 0) is 13.0 Å². The van der Waals surface area contributed by atoms with Crippen LogP contribution in [0.4, 0.5) is 0 Å². The molecule has 0 saturated heterocycles. The summed E-state index contributed by atoms with van der Waals surface area (Å²) in [4.78, 5) is 0. The maximum atomic E-state index is 4.45. The first kappa shape index (κ1) is 11.2. The number of hydrogen-bond donors (Lipinski definition) is 1. The Morgan fingerprint density at radius 1 is 1.35 bits per heavy atom. The van der Waals surface area contributed by atoms with Crippen molar-refractivity contribution < 1.29 is 0 Å². The van der Waals surface area contributed by atoms with E-state index in [4.69, 9.17) is 0 Å². The van der Waals surface area contributed by atoms with Crippen LogP contribution in [0.25, 0.3) is 0 Å². The van der Waals surface area contributed by atoms with E-state index in [2.05, 4.69) is 27.2 Å². The van der Waals surface area contributed by atoms with Crippen LogP contribution >= 0.6 is 0 Å². The van der Waals surface area contributed by atoms with Crippen LogP contribution in [0.3, 0.4) is 0 Å². The van der Waals surface area contributed by atoms with E-state index in [9.17, 15) is 0 Å². The van der Waals surface area contributed by atoms with E-state index >= 15 is 0 Å². The second-order valence-electron chi connectivity index (χ2n) is 5.37. The van der Waals surface area contributed by atoms with Crippen molar-refractivity contribution in [3.05, 3.63) is 11.4 Å². The van der Waals surface area contributed by atoms with E-state index < -0.39 is 0 Å². The highest BCUT2D eigenvalue weighted by atomic mass is 15.4. The fourth-order valence-corrected chi connectivity index (χ4v) is 3.41. The minimum atomic E-state index is 0.614. The molecule has 1 aliphatic heterocycles. The highest BCUT2D eigenvalue weighted by molar-refractivity contribution is 5.14. The van der Waals surface area contributed by atoms with Crippen LogP contribution in [0, 0.1) is 5.92 Å². The molecule has 0 aromatic carbocycles. The lowest BCUT2D eigenvalue weighted by Crippen LogP contribution is -2.29. The maximum absolute atomic E-state index is 4.45. The van der Waals surface area contributed by atoms with Crippen molar-refractivity contribution in [2.24, 2.45) is 5.92 Å². The van der Waals surface area contributed by atoms with Crippen molar-refractivity contribution in [2.75, 3.05) is 6.54 Å². The molecule has 17 heavy (non-hydrogen) atoms. The molecule has 2 atom stereocenters. The third kappa shape index (κ3) is 1.99. The summed E-state index contributed by atoms with van der Waals surface area (Å²) in [5, 5.41) is 12.2. The first-order valence-electron chi connectivity index (χ1n) is 7.03. The predicted molar refractivity (Wildman–Crippen MR) is 66.7 cm³/mol. The number of nitrogens with one attached hydrogen (secondary N) is 1. The Kier molecular flexibility index (Phi) is 3.14. The average molecular weight is 234 g/mol. The Morgan fingerprint density at radius 2 is 2.24 bits per heavy atom. The molecule has 0 radical (unpaired) electrons. The van der Waals surface area contributed by atoms with Crippen molar-refractivity contribution in [2.45, 2.75) is 58.0 Å². The molecule has 2 heterocycles. The van der Waals surface area contributed by atoms with E-state index in [0.29, 0.717) is 6.04 Å². The summed E-state index contributed by atoms with van der Waals surface area (Å²) in [6.07, 6.45) is 7.78. The zero-order valence-electron chi connectivity index (χ0n) is 10.7. The summed E-state index contributed by atoms with van der Waals surface area (Å²) in [6.45, 7) is 4.29. The average Bonchev–Trinajstić information content (AvgIpc) is 2.82. The largest absolute Gasteiger partial charge is 0.311 e. The molecule has 2 aliphatic rings. The molecule has 3 rings (SSSR count). The van der Waals surface area contributed by atoms with Crippen LogP contribution in [0.1, 0.15) is 56.5 Å². The molecule has 1 aromatic heterocycles. The zero-order valence-corrected chi connectivity index (χ0v) is 10.7. The van der Waals surface area contributed by atoms with Gasteiger partial charge in [-0.1, -0.05) is 31.4 Å². The summed E-state index contributed by atoms with van der Waals surface area (Å²) in [7, 11) is 0. The summed E-state index contributed by atoms with van der Waals surface area (Å²) >= 11 is 0. The van der Waals surface area contributed by atoms with E-state index in [1.165, 1.54) is 43.5 Å². The van der Waals surface area contributed by atoms with Gasteiger partial charge in [0.15, 0.2) is 0 Å². The second-order valence-corrected chi connectivity index (χ2v) is 5.37. The van der Waals surface area contributed by atoms with Gasteiger partial charge in [-0.3, -0.25) is 0 Å². The quantitative estimate of drug-likeness (QED) is 0.852. The number of nitrogens with zero attached hydrogens (tertiary/aromatic N) is 3. The van der Waals surface area contributed by atoms with Gasteiger partial charge in [0.25, 0.3) is 0 Å². The smallest absolute Gasteiger partial charge is 0.0997 e. The Bertz CT molecular complexity index is 385. The SMILES string of the molecule is CCC1CCCCC1n1nnc2c1CCNC2. The van der Waals surface area contributed by atoms with Gasteiger partial charge >= 0.3 is 0 Å². The molecule has 2 unspecified atom stereocenters. The summed E-state index contributed by atoms with van der Waals surface area (Å²) < 4.78 is 2.27. The van der Waals surface area contributed by atoms with Gasteiger partial charge < -0.3 is 5.32 Å². The van der Waals surface area contributed by atoms with Gasteiger partial charge in [0.1, 0.15) is 0 Å². The maximum Gasteiger partial charge on any atom is 0.0997 e. The van der Waals surface area contributed by atoms with Gasteiger partial charge in [0, 0.05) is 19.5 Å². The predicted octanol–water partition coefficient (Wildman–Crippen LogP) is 2.07. The van der Waals surface area contributed by atoms with Crippen molar-refractivity contribution in [1.29, 1.82) is 0 Å². The molecule has 4 heteroatoms. The topological polar surface area (TPSA) is 42.7 Å². The number of rotatable bonds is 2. The Labute approximate surface area is 103 Å². The Balaban J connectivity index is 1.89. The minimum absolute atomic E-state index is 0.614. The van der Waals surface area contributed by atoms with Crippen LogP contribution in [0.5, 0.6) is 0 Å². The van der Waals surface area contributed by atoms with Gasteiger partial charge in [0.2, 0.25) is 0 Å². The lowest BCUT2D eigenvalue weighted by atomic mass is 9.82. The molecule has 4 nitrogen and oxygen atoms in total. The summed E-state index contributed by atoms with van der Waals surface area (Å²) in [5.74, 6) is 0.810. The highest BCUT2D eigenvalue weighted by Crippen LogP contribution is 2.36. The number of fused-ring (bicyclic) bond motifs is 1. The van der Waals surface area contributed by atoms with Crippen molar-refractivity contribution >= 4 is 0 Å². The normalized spacial score (nSPS) is 29.0. The molecule has 1 saturated carbocycles. The van der Waals surface area contributed by atoms with Crippen molar-refractivity contribution in [1.82, 2.24) is 20.3 Å². The first-order chi connectivity index (χ1) is 8.40. The molecule has 1 aromatic rings. The highest BCUT2D eigenvalue weighted by Gasteiger charge is 2.29. The van der Waals surface area contributed by atoms with Gasteiger partial charge in [-0.2, -0.15) is 0 Å². The van der Waals surface area contributed by atoms with Gasteiger partial charge in [-0.15, -0.1) is 5.10 Å².